The van der Waals surface area contributed by atoms with Crippen LogP contribution in [0.2, 0.25) is 0 Å². The molecule has 1 N–H and O–H groups in total. The van der Waals surface area contributed by atoms with E-state index >= 15 is 0 Å². The van der Waals surface area contributed by atoms with Crippen LogP contribution < -0.4 is 4.90 Å². The average molecular weight is 311 g/mol. The number of rotatable bonds is 3. The second-order valence-electron chi connectivity index (χ2n) is 7.09. The molecule has 0 aromatic carbocycles. The Hall–Kier alpha value is -1.14. The minimum Gasteiger partial charge on any atom is -0.481 e. The van der Waals surface area contributed by atoms with Crippen molar-refractivity contribution in [1.29, 1.82) is 0 Å². The van der Waals surface area contributed by atoms with E-state index in [9.17, 15) is 9.90 Å². The summed E-state index contributed by atoms with van der Waals surface area (Å²) in [7, 11) is 0. The quantitative estimate of drug-likeness (QED) is 0.929. The predicted molar refractivity (Wildman–Crippen MR) is 86.3 cm³/mol. The second-order valence-corrected chi connectivity index (χ2v) is 7.93. The molecule has 2 heterocycles. The summed E-state index contributed by atoms with van der Waals surface area (Å²) in [6, 6.07) is 0. The van der Waals surface area contributed by atoms with Gasteiger partial charge in [-0.2, -0.15) is 0 Å². The standard InChI is InChI=1S/C15H25N3O2S/c1-14(2,3)18-8-6-17(7-9-18)13-16-11(10-21-13)15(4,5)12(19)20/h10H,6-9H2,1-5H3,(H,19,20). The summed E-state index contributed by atoms with van der Waals surface area (Å²) in [6.45, 7) is 14.0. The fourth-order valence-electron chi connectivity index (χ4n) is 2.37. The van der Waals surface area contributed by atoms with Crippen molar-refractivity contribution in [1.82, 2.24) is 9.88 Å². The van der Waals surface area contributed by atoms with E-state index in [1.807, 2.05) is 5.38 Å². The number of aliphatic carboxylic acids is 1. The monoisotopic (exact) mass is 311 g/mol. The molecule has 1 aliphatic heterocycles. The third-order valence-electron chi connectivity index (χ3n) is 4.17. The minimum atomic E-state index is -0.929. The lowest BCUT2D eigenvalue weighted by Crippen LogP contribution is -2.53. The van der Waals surface area contributed by atoms with Crippen molar-refractivity contribution in [2.75, 3.05) is 31.1 Å². The summed E-state index contributed by atoms with van der Waals surface area (Å²) in [4.78, 5) is 20.6. The number of carboxylic acid groups (broad SMARTS) is 1. The van der Waals surface area contributed by atoms with Crippen LogP contribution >= 0.6 is 11.3 Å². The van der Waals surface area contributed by atoms with Gasteiger partial charge in [0.2, 0.25) is 0 Å². The molecule has 1 aromatic rings. The summed E-state index contributed by atoms with van der Waals surface area (Å²) >= 11 is 1.54. The summed E-state index contributed by atoms with van der Waals surface area (Å²) < 4.78 is 0. The van der Waals surface area contributed by atoms with Gasteiger partial charge in [-0.25, -0.2) is 4.98 Å². The zero-order valence-electron chi connectivity index (χ0n) is 13.5. The zero-order valence-corrected chi connectivity index (χ0v) is 14.3. The van der Waals surface area contributed by atoms with Crippen molar-refractivity contribution in [3.05, 3.63) is 11.1 Å². The van der Waals surface area contributed by atoms with Crippen LogP contribution in [0.1, 0.15) is 40.3 Å². The van der Waals surface area contributed by atoms with E-state index in [4.69, 9.17) is 0 Å². The van der Waals surface area contributed by atoms with Gasteiger partial charge in [-0.05, 0) is 34.6 Å². The van der Waals surface area contributed by atoms with Crippen molar-refractivity contribution in [2.24, 2.45) is 0 Å². The smallest absolute Gasteiger partial charge is 0.315 e. The van der Waals surface area contributed by atoms with Gasteiger partial charge in [0.1, 0.15) is 5.41 Å². The van der Waals surface area contributed by atoms with Crippen molar-refractivity contribution in [3.8, 4) is 0 Å². The highest BCUT2D eigenvalue weighted by molar-refractivity contribution is 7.13. The molecular formula is C15H25N3O2S. The fraction of sp³-hybridized carbons (Fsp3) is 0.733. The number of carbonyl (C=O) groups is 1. The maximum Gasteiger partial charge on any atom is 0.315 e. The van der Waals surface area contributed by atoms with Crippen LogP contribution in [-0.2, 0) is 10.2 Å². The van der Waals surface area contributed by atoms with Crippen LogP contribution in [0.25, 0.3) is 0 Å². The highest BCUT2D eigenvalue weighted by atomic mass is 32.1. The summed E-state index contributed by atoms with van der Waals surface area (Å²) in [5, 5.41) is 12.1. The molecule has 2 rings (SSSR count). The van der Waals surface area contributed by atoms with Gasteiger partial charge in [0, 0.05) is 37.1 Å². The van der Waals surface area contributed by atoms with E-state index in [0.717, 1.165) is 31.3 Å². The molecule has 0 bridgehead atoms. The molecule has 0 atom stereocenters. The first-order chi connectivity index (χ1) is 9.62. The van der Waals surface area contributed by atoms with Gasteiger partial charge in [0.15, 0.2) is 5.13 Å². The van der Waals surface area contributed by atoms with E-state index in [1.54, 1.807) is 25.2 Å². The van der Waals surface area contributed by atoms with Crippen molar-refractivity contribution in [3.63, 3.8) is 0 Å². The molecule has 1 aromatic heterocycles. The Morgan fingerprint density at radius 1 is 1.19 bits per heavy atom. The van der Waals surface area contributed by atoms with Gasteiger partial charge in [0.05, 0.1) is 5.69 Å². The molecule has 1 fully saturated rings. The lowest BCUT2D eigenvalue weighted by atomic mass is 9.90. The average Bonchev–Trinajstić information content (AvgIpc) is 2.88. The molecule has 6 heteroatoms. The van der Waals surface area contributed by atoms with E-state index in [-0.39, 0.29) is 5.54 Å². The first-order valence-corrected chi connectivity index (χ1v) is 8.20. The molecule has 0 aliphatic carbocycles. The third kappa shape index (κ3) is 3.37. The van der Waals surface area contributed by atoms with E-state index in [2.05, 4.69) is 35.6 Å². The molecule has 0 spiro atoms. The highest BCUT2D eigenvalue weighted by Crippen LogP contribution is 2.30. The first-order valence-electron chi connectivity index (χ1n) is 7.32. The summed E-state index contributed by atoms with van der Waals surface area (Å²) in [5.74, 6) is -0.836. The number of anilines is 1. The van der Waals surface area contributed by atoms with Crippen LogP contribution in [-0.4, -0.2) is 52.7 Å². The van der Waals surface area contributed by atoms with Crippen LogP contribution in [0.3, 0.4) is 0 Å². The molecule has 1 aliphatic rings. The van der Waals surface area contributed by atoms with Gasteiger partial charge >= 0.3 is 5.97 Å². The number of aromatic nitrogens is 1. The Labute approximate surface area is 130 Å². The molecule has 0 saturated carbocycles. The fourth-order valence-corrected chi connectivity index (χ4v) is 3.42. The zero-order chi connectivity index (χ0) is 15.8. The van der Waals surface area contributed by atoms with Gasteiger partial charge in [-0.1, -0.05) is 0 Å². The molecular weight excluding hydrogens is 286 g/mol. The SMILES string of the molecule is CC(C)(C(=O)O)c1csc(N2CCN(C(C)(C)C)CC2)n1. The number of nitrogens with zero attached hydrogens (tertiary/aromatic N) is 3. The topological polar surface area (TPSA) is 56.7 Å². The van der Waals surface area contributed by atoms with Gasteiger partial charge in [-0.15, -0.1) is 11.3 Å². The van der Waals surface area contributed by atoms with Crippen LogP contribution in [0.15, 0.2) is 5.38 Å². The summed E-state index contributed by atoms with van der Waals surface area (Å²) in [6.07, 6.45) is 0. The van der Waals surface area contributed by atoms with Gasteiger partial charge in [0.25, 0.3) is 0 Å². The maximum atomic E-state index is 11.3. The normalized spacial score (nSPS) is 18.0. The van der Waals surface area contributed by atoms with Crippen LogP contribution in [0.4, 0.5) is 5.13 Å². The second kappa shape index (κ2) is 5.57. The molecule has 21 heavy (non-hydrogen) atoms. The number of hydrogen-bond acceptors (Lipinski definition) is 5. The highest BCUT2D eigenvalue weighted by Gasteiger charge is 2.33. The molecule has 118 valence electrons. The molecule has 0 radical (unpaired) electrons. The van der Waals surface area contributed by atoms with Crippen LogP contribution in [0, 0.1) is 0 Å². The number of piperazine rings is 1. The van der Waals surface area contributed by atoms with Crippen molar-refractivity contribution >= 4 is 22.4 Å². The molecule has 0 amide bonds. The Morgan fingerprint density at radius 3 is 2.24 bits per heavy atom. The minimum absolute atomic E-state index is 0.200. The lowest BCUT2D eigenvalue weighted by molar-refractivity contribution is -0.142. The summed E-state index contributed by atoms with van der Waals surface area (Å²) in [5.41, 5.74) is -0.0822. The third-order valence-corrected chi connectivity index (χ3v) is 5.07. The number of carboxylic acids is 1. The Kier molecular flexibility index (Phi) is 4.31. The van der Waals surface area contributed by atoms with E-state index in [1.165, 1.54) is 0 Å². The predicted octanol–water partition coefficient (Wildman–Crippen LogP) is 2.43. The Balaban J connectivity index is 2.06. The van der Waals surface area contributed by atoms with E-state index in [0.29, 0.717) is 5.69 Å². The van der Waals surface area contributed by atoms with Crippen molar-refractivity contribution in [2.45, 2.75) is 45.6 Å². The largest absolute Gasteiger partial charge is 0.481 e. The Morgan fingerprint density at radius 2 is 1.76 bits per heavy atom. The first kappa shape index (κ1) is 16.2. The molecule has 1 saturated heterocycles. The lowest BCUT2D eigenvalue weighted by Gasteiger charge is -2.42. The van der Waals surface area contributed by atoms with Gasteiger partial charge < -0.3 is 10.0 Å². The number of hydrogen-bond donors (Lipinski definition) is 1. The maximum absolute atomic E-state index is 11.3. The molecule has 5 nitrogen and oxygen atoms in total. The van der Waals surface area contributed by atoms with E-state index < -0.39 is 11.4 Å². The van der Waals surface area contributed by atoms with Crippen LogP contribution in [0.5, 0.6) is 0 Å². The van der Waals surface area contributed by atoms with Gasteiger partial charge in [-0.3, -0.25) is 9.69 Å². The Bertz CT molecular complexity index is 511. The van der Waals surface area contributed by atoms with Crippen molar-refractivity contribution < 1.29 is 9.90 Å². The molecule has 0 unspecified atom stereocenters. The number of thiazole rings is 1.